The molecule has 2 saturated carbocycles. The minimum Gasteiger partial charge on any atom is -0.347 e. The van der Waals surface area contributed by atoms with Gasteiger partial charge in [-0.25, -0.2) is 13.6 Å². The smallest absolute Gasteiger partial charge is 0.268 e. The summed E-state index contributed by atoms with van der Waals surface area (Å²) in [5, 5.41) is 8.16. The van der Waals surface area contributed by atoms with Crippen molar-refractivity contribution in [3.05, 3.63) is 18.0 Å². The molecule has 3 N–H and O–H groups in total. The highest BCUT2D eigenvalue weighted by Gasteiger charge is 2.47. The maximum absolute atomic E-state index is 12.4. The normalized spacial score (nSPS) is 24.4. The van der Waals surface area contributed by atoms with Gasteiger partial charge in [-0.2, -0.15) is 0 Å². The molecule has 1 unspecified atom stereocenters. The second kappa shape index (κ2) is 4.58. The quantitative estimate of drug-likeness (QED) is 0.879. The van der Waals surface area contributed by atoms with Crippen LogP contribution in [0.1, 0.15) is 56.1 Å². The molecule has 1 aromatic heterocycles. The molecule has 7 heteroatoms. The van der Waals surface area contributed by atoms with Gasteiger partial charge in [-0.3, -0.25) is 4.79 Å². The van der Waals surface area contributed by atoms with E-state index in [0.717, 1.165) is 25.7 Å². The summed E-state index contributed by atoms with van der Waals surface area (Å²) in [7, 11) is -3.79. The van der Waals surface area contributed by atoms with Gasteiger partial charge in [-0.05, 0) is 37.2 Å². The number of nitrogens with one attached hydrogen (secondary N) is 1. The van der Waals surface area contributed by atoms with E-state index in [9.17, 15) is 13.2 Å². The van der Waals surface area contributed by atoms with Crippen molar-refractivity contribution in [3.63, 3.8) is 0 Å². The fourth-order valence-electron chi connectivity index (χ4n) is 2.70. The van der Waals surface area contributed by atoms with Crippen molar-refractivity contribution >= 4 is 15.9 Å². The van der Waals surface area contributed by atoms with E-state index in [2.05, 4.69) is 19.2 Å². The number of amides is 1. The van der Waals surface area contributed by atoms with Gasteiger partial charge in [0.1, 0.15) is 10.6 Å². The van der Waals surface area contributed by atoms with Crippen molar-refractivity contribution < 1.29 is 13.2 Å². The molecule has 0 bridgehead atoms. The van der Waals surface area contributed by atoms with E-state index in [1.807, 2.05) is 0 Å². The van der Waals surface area contributed by atoms with Gasteiger partial charge in [0.2, 0.25) is 10.0 Å². The number of hydrogen-bond acceptors (Lipinski definition) is 3. The fraction of sp³-hybridized carbons (Fsp3) is 0.643. The zero-order valence-electron chi connectivity index (χ0n) is 12.3. The molecule has 3 rings (SSSR count). The zero-order valence-corrected chi connectivity index (χ0v) is 13.1. The van der Waals surface area contributed by atoms with Crippen LogP contribution in [0.2, 0.25) is 0 Å². The summed E-state index contributed by atoms with van der Waals surface area (Å²) in [4.78, 5) is 12.4. The minimum absolute atomic E-state index is 0.00890. The number of rotatable bonds is 4. The molecule has 0 aromatic carbocycles. The molecule has 2 aliphatic carbocycles. The summed E-state index contributed by atoms with van der Waals surface area (Å²) in [6.45, 7) is 4.19. The van der Waals surface area contributed by atoms with Gasteiger partial charge >= 0.3 is 0 Å². The molecule has 0 spiro atoms. The van der Waals surface area contributed by atoms with Gasteiger partial charge in [0.25, 0.3) is 5.91 Å². The maximum Gasteiger partial charge on any atom is 0.268 e. The first-order chi connectivity index (χ1) is 9.68. The topological polar surface area (TPSA) is 94.2 Å². The minimum atomic E-state index is -3.79. The Morgan fingerprint density at radius 1 is 1.43 bits per heavy atom. The molecule has 2 aliphatic rings. The average molecular weight is 311 g/mol. The predicted molar refractivity (Wildman–Crippen MR) is 78.3 cm³/mol. The van der Waals surface area contributed by atoms with Gasteiger partial charge in [-0.15, -0.1) is 0 Å². The summed E-state index contributed by atoms with van der Waals surface area (Å²) in [6.07, 6.45) is 5.48. The van der Waals surface area contributed by atoms with E-state index in [4.69, 9.17) is 5.14 Å². The SMILES string of the molecule is CC1(C)CC1NC(=O)c1cc(S(N)(=O)=O)cn1C1CCC1. The van der Waals surface area contributed by atoms with E-state index in [0.29, 0.717) is 5.69 Å². The van der Waals surface area contributed by atoms with Crippen LogP contribution in [-0.4, -0.2) is 24.9 Å². The van der Waals surface area contributed by atoms with Crippen LogP contribution in [0.5, 0.6) is 0 Å². The Labute approximate surface area is 124 Å². The maximum atomic E-state index is 12.4. The molecule has 1 atom stereocenters. The summed E-state index contributed by atoms with van der Waals surface area (Å²) in [5.74, 6) is -0.215. The number of primary sulfonamides is 1. The Hall–Kier alpha value is -1.34. The highest BCUT2D eigenvalue weighted by atomic mass is 32.2. The van der Waals surface area contributed by atoms with Gasteiger partial charge in [0.15, 0.2) is 0 Å². The van der Waals surface area contributed by atoms with E-state index < -0.39 is 10.0 Å². The zero-order chi connectivity index (χ0) is 15.4. The van der Waals surface area contributed by atoms with Crippen molar-refractivity contribution in [1.82, 2.24) is 9.88 Å². The second-order valence-electron chi connectivity index (χ2n) is 6.82. The number of aromatic nitrogens is 1. The number of nitrogens with two attached hydrogens (primary N) is 1. The standard InChI is InChI=1S/C14H21N3O3S/c1-14(2)7-12(14)16-13(18)11-6-10(21(15,19)20)8-17(11)9-4-3-5-9/h6,8-9,12H,3-5,7H2,1-2H3,(H,16,18)(H2,15,19,20). The second-order valence-corrected chi connectivity index (χ2v) is 8.38. The van der Waals surface area contributed by atoms with Gasteiger partial charge < -0.3 is 9.88 Å². The van der Waals surface area contributed by atoms with Crippen LogP contribution < -0.4 is 10.5 Å². The number of carbonyl (C=O) groups is 1. The number of carbonyl (C=O) groups excluding carboxylic acids is 1. The number of nitrogens with zero attached hydrogens (tertiary/aromatic N) is 1. The van der Waals surface area contributed by atoms with E-state index in [-0.39, 0.29) is 28.3 Å². The van der Waals surface area contributed by atoms with Gasteiger partial charge in [0, 0.05) is 18.3 Å². The van der Waals surface area contributed by atoms with Crippen molar-refractivity contribution in [3.8, 4) is 0 Å². The van der Waals surface area contributed by atoms with E-state index >= 15 is 0 Å². The van der Waals surface area contributed by atoms with E-state index in [1.165, 1.54) is 12.3 Å². The third-order valence-corrected chi connectivity index (χ3v) is 5.55. The van der Waals surface area contributed by atoms with Gasteiger partial charge in [0.05, 0.1) is 0 Å². The van der Waals surface area contributed by atoms with E-state index in [1.54, 1.807) is 4.57 Å². The first kappa shape index (κ1) is 14.6. The van der Waals surface area contributed by atoms with Crippen molar-refractivity contribution in [1.29, 1.82) is 0 Å². The molecule has 0 aliphatic heterocycles. The van der Waals surface area contributed by atoms with Crippen LogP contribution in [0.15, 0.2) is 17.2 Å². The largest absolute Gasteiger partial charge is 0.347 e. The molecular weight excluding hydrogens is 290 g/mol. The Morgan fingerprint density at radius 2 is 2.05 bits per heavy atom. The lowest BCUT2D eigenvalue weighted by Crippen LogP contribution is -2.31. The van der Waals surface area contributed by atoms with Crippen molar-refractivity contribution in [2.75, 3.05) is 0 Å². The molecule has 1 heterocycles. The molecule has 21 heavy (non-hydrogen) atoms. The van der Waals surface area contributed by atoms with Crippen LogP contribution in [0.25, 0.3) is 0 Å². The Bertz CT molecular complexity index is 686. The van der Waals surface area contributed by atoms with Gasteiger partial charge in [-0.1, -0.05) is 13.8 Å². The molecule has 2 fully saturated rings. The third kappa shape index (κ3) is 2.72. The lowest BCUT2D eigenvalue weighted by Gasteiger charge is -2.28. The van der Waals surface area contributed by atoms with Crippen molar-refractivity contribution in [2.45, 2.75) is 56.5 Å². The van der Waals surface area contributed by atoms with Crippen LogP contribution in [0.3, 0.4) is 0 Å². The number of sulfonamides is 1. The molecule has 1 aromatic rings. The van der Waals surface area contributed by atoms with Crippen LogP contribution in [0.4, 0.5) is 0 Å². The third-order valence-electron chi connectivity index (χ3n) is 4.67. The monoisotopic (exact) mass is 311 g/mol. The summed E-state index contributed by atoms with van der Waals surface area (Å²) in [6, 6.07) is 1.75. The molecule has 0 saturated heterocycles. The lowest BCUT2D eigenvalue weighted by atomic mass is 9.93. The highest BCUT2D eigenvalue weighted by molar-refractivity contribution is 7.89. The van der Waals surface area contributed by atoms with Crippen LogP contribution in [0, 0.1) is 5.41 Å². The first-order valence-corrected chi connectivity index (χ1v) is 8.79. The summed E-state index contributed by atoms with van der Waals surface area (Å²) in [5.41, 5.74) is 0.526. The van der Waals surface area contributed by atoms with Crippen LogP contribution >= 0.6 is 0 Å². The summed E-state index contributed by atoms with van der Waals surface area (Å²) >= 11 is 0. The lowest BCUT2D eigenvalue weighted by molar-refractivity contribution is 0.0931. The molecule has 0 radical (unpaired) electrons. The highest BCUT2D eigenvalue weighted by Crippen LogP contribution is 2.44. The molecule has 116 valence electrons. The Balaban J connectivity index is 1.88. The van der Waals surface area contributed by atoms with Crippen LogP contribution in [-0.2, 0) is 10.0 Å². The molecular formula is C14H21N3O3S. The summed E-state index contributed by atoms with van der Waals surface area (Å²) < 4.78 is 24.8. The molecule has 6 nitrogen and oxygen atoms in total. The Morgan fingerprint density at radius 3 is 2.48 bits per heavy atom. The molecule has 1 amide bonds. The average Bonchev–Trinajstić information content (AvgIpc) is 2.71. The predicted octanol–water partition coefficient (Wildman–Crippen LogP) is 1.39. The number of hydrogen-bond donors (Lipinski definition) is 2. The first-order valence-electron chi connectivity index (χ1n) is 7.24. The van der Waals surface area contributed by atoms with Crippen molar-refractivity contribution in [2.24, 2.45) is 10.6 Å². The fourth-order valence-corrected chi connectivity index (χ4v) is 3.24. The Kier molecular flexibility index (Phi) is 3.18.